The van der Waals surface area contributed by atoms with Gasteiger partial charge < -0.3 is 21.5 Å². The summed E-state index contributed by atoms with van der Waals surface area (Å²) in [5.41, 5.74) is 10.9. The van der Waals surface area contributed by atoms with Gasteiger partial charge in [-0.05, 0) is 19.0 Å². The maximum atomic E-state index is 10.4. The first-order valence-corrected chi connectivity index (χ1v) is 4.62. The number of nitrogens with zero attached hydrogens (tertiary/aromatic N) is 2. The van der Waals surface area contributed by atoms with Crippen molar-refractivity contribution < 1.29 is 9.90 Å². The average molecular weight is 214 g/mol. The van der Waals surface area contributed by atoms with Crippen molar-refractivity contribution in [2.75, 3.05) is 13.6 Å². The second-order valence-electron chi connectivity index (χ2n) is 3.12. The number of rotatable bonds is 6. The average Bonchev–Trinajstić information content (AvgIpc) is 2.22. The first-order chi connectivity index (χ1) is 6.99. The number of nitrogens with two attached hydrogens (primary N) is 2. The molecule has 1 atom stereocenters. The molecule has 0 radical (unpaired) electrons. The molecule has 0 aromatic carbocycles. The summed E-state index contributed by atoms with van der Waals surface area (Å²) in [5.74, 6) is -0.635. The quantitative estimate of drug-likeness (QED) is 0.316. The predicted molar refractivity (Wildman–Crippen MR) is 59.3 cm³/mol. The molecule has 6 nitrogen and oxygen atoms in total. The molecule has 0 aromatic heterocycles. The van der Waals surface area contributed by atoms with E-state index >= 15 is 0 Å². The smallest absolute Gasteiger partial charge is 0.320 e. The third kappa shape index (κ3) is 5.69. The summed E-state index contributed by atoms with van der Waals surface area (Å²) in [7, 11) is 1.73. The van der Waals surface area contributed by atoms with Gasteiger partial charge in [0.15, 0.2) is 5.96 Å². The van der Waals surface area contributed by atoms with E-state index in [-0.39, 0.29) is 0 Å². The Morgan fingerprint density at radius 3 is 2.80 bits per heavy atom. The molecule has 0 bridgehead atoms. The lowest BCUT2D eigenvalue weighted by Gasteiger charge is -2.11. The van der Waals surface area contributed by atoms with Gasteiger partial charge in [0.05, 0.1) is 0 Å². The highest BCUT2D eigenvalue weighted by molar-refractivity contribution is 5.78. The molecule has 0 aliphatic carbocycles. The molecule has 0 aliphatic heterocycles. The fourth-order valence-electron chi connectivity index (χ4n) is 0.833. The van der Waals surface area contributed by atoms with Crippen LogP contribution in [-0.4, -0.2) is 41.6 Å². The summed E-state index contributed by atoms with van der Waals surface area (Å²) in [5, 5.41) is 8.51. The van der Waals surface area contributed by atoms with Crippen LogP contribution in [0.15, 0.2) is 17.8 Å². The largest absolute Gasteiger partial charge is 0.480 e. The maximum Gasteiger partial charge on any atom is 0.320 e. The summed E-state index contributed by atoms with van der Waals surface area (Å²) < 4.78 is 0. The van der Waals surface area contributed by atoms with E-state index in [9.17, 15) is 4.79 Å². The SMILES string of the molecule is C=CN(C)C(N)=NCCCC(N)C(=O)O. The van der Waals surface area contributed by atoms with E-state index in [1.165, 1.54) is 0 Å². The Balaban J connectivity index is 3.79. The van der Waals surface area contributed by atoms with Crippen molar-refractivity contribution in [2.24, 2.45) is 16.5 Å². The second-order valence-corrected chi connectivity index (χ2v) is 3.12. The van der Waals surface area contributed by atoms with Crippen LogP contribution in [0.2, 0.25) is 0 Å². The van der Waals surface area contributed by atoms with Crippen LogP contribution in [0.4, 0.5) is 0 Å². The normalized spacial score (nSPS) is 13.3. The van der Waals surface area contributed by atoms with E-state index in [1.54, 1.807) is 18.1 Å². The number of hydrogen-bond donors (Lipinski definition) is 3. The third-order valence-electron chi connectivity index (χ3n) is 1.90. The molecule has 0 aromatic rings. The van der Waals surface area contributed by atoms with Gasteiger partial charge in [0.2, 0.25) is 0 Å². The van der Waals surface area contributed by atoms with Crippen LogP contribution in [0.25, 0.3) is 0 Å². The minimum Gasteiger partial charge on any atom is -0.480 e. The summed E-state index contributed by atoms with van der Waals surface area (Å²) in [6, 6.07) is -0.821. The number of guanidine groups is 1. The zero-order chi connectivity index (χ0) is 11.8. The van der Waals surface area contributed by atoms with Gasteiger partial charge in [-0.1, -0.05) is 6.58 Å². The summed E-state index contributed by atoms with van der Waals surface area (Å²) in [6.07, 6.45) is 2.53. The van der Waals surface area contributed by atoms with E-state index in [2.05, 4.69) is 11.6 Å². The molecular weight excluding hydrogens is 196 g/mol. The van der Waals surface area contributed by atoms with Crippen molar-refractivity contribution in [2.45, 2.75) is 18.9 Å². The molecular formula is C9H18N4O2. The van der Waals surface area contributed by atoms with Gasteiger partial charge in [-0.15, -0.1) is 0 Å². The topological polar surface area (TPSA) is 105 Å². The van der Waals surface area contributed by atoms with E-state index in [0.717, 1.165) is 0 Å². The zero-order valence-electron chi connectivity index (χ0n) is 8.89. The highest BCUT2D eigenvalue weighted by Crippen LogP contribution is 1.95. The van der Waals surface area contributed by atoms with Crippen molar-refractivity contribution in [3.63, 3.8) is 0 Å². The lowest BCUT2D eigenvalue weighted by atomic mass is 10.2. The van der Waals surface area contributed by atoms with Gasteiger partial charge >= 0.3 is 5.97 Å². The van der Waals surface area contributed by atoms with Crippen LogP contribution in [0.1, 0.15) is 12.8 Å². The van der Waals surface area contributed by atoms with Gasteiger partial charge in [0, 0.05) is 13.6 Å². The zero-order valence-corrected chi connectivity index (χ0v) is 8.89. The standard InChI is InChI=1S/C9H18N4O2/c1-3-13(2)9(11)12-6-4-5-7(10)8(14)15/h3,7H,1,4-6,10H2,2H3,(H2,11,12)(H,14,15). The Morgan fingerprint density at radius 2 is 2.33 bits per heavy atom. The summed E-state index contributed by atoms with van der Waals surface area (Å²) >= 11 is 0. The molecule has 5 N–H and O–H groups in total. The maximum absolute atomic E-state index is 10.4. The lowest BCUT2D eigenvalue weighted by molar-refractivity contribution is -0.138. The molecule has 0 saturated carbocycles. The third-order valence-corrected chi connectivity index (χ3v) is 1.90. The van der Waals surface area contributed by atoms with Crippen LogP contribution in [0.5, 0.6) is 0 Å². The van der Waals surface area contributed by atoms with Crippen LogP contribution in [-0.2, 0) is 4.79 Å². The molecule has 6 heteroatoms. The minimum atomic E-state index is -0.991. The number of carboxylic acids is 1. The van der Waals surface area contributed by atoms with Gasteiger partial charge in [-0.3, -0.25) is 9.79 Å². The van der Waals surface area contributed by atoms with Gasteiger partial charge in [-0.2, -0.15) is 0 Å². The monoisotopic (exact) mass is 214 g/mol. The van der Waals surface area contributed by atoms with Crippen LogP contribution < -0.4 is 11.5 Å². The Bertz CT molecular complexity index is 252. The molecule has 0 fully saturated rings. The summed E-state index contributed by atoms with van der Waals surface area (Å²) in [6.45, 7) is 3.99. The van der Waals surface area contributed by atoms with Crippen molar-refractivity contribution in [3.05, 3.63) is 12.8 Å². The number of aliphatic imine (C=N–C) groups is 1. The molecule has 0 rings (SSSR count). The van der Waals surface area contributed by atoms with E-state index in [0.29, 0.717) is 25.3 Å². The first-order valence-electron chi connectivity index (χ1n) is 4.62. The molecule has 0 aliphatic rings. The fraction of sp³-hybridized carbons (Fsp3) is 0.556. The molecule has 0 amide bonds. The minimum absolute atomic E-state index is 0.355. The molecule has 15 heavy (non-hydrogen) atoms. The molecule has 0 saturated heterocycles. The number of aliphatic carboxylic acids is 1. The van der Waals surface area contributed by atoms with E-state index in [4.69, 9.17) is 16.6 Å². The fourth-order valence-corrected chi connectivity index (χ4v) is 0.833. The van der Waals surface area contributed by atoms with Gasteiger partial charge in [0.25, 0.3) is 0 Å². The first kappa shape index (κ1) is 13.4. The van der Waals surface area contributed by atoms with E-state index in [1.807, 2.05) is 0 Å². The number of hydrogen-bond acceptors (Lipinski definition) is 3. The Hall–Kier alpha value is -1.56. The Morgan fingerprint density at radius 1 is 1.73 bits per heavy atom. The van der Waals surface area contributed by atoms with Crippen LogP contribution in [0, 0.1) is 0 Å². The van der Waals surface area contributed by atoms with Crippen molar-refractivity contribution in [3.8, 4) is 0 Å². The van der Waals surface area contributed by atoms with Gasteiger partial charge in [-0.25, -0.2) is 0 Å². The molecule has 1 unspecified atom stereocenters. The number of carbonyl (C=O) groups is 1. The molecule has 0 heterocycles. The highest BCUT2D eigenvalue weighted by atomic mass is 16.4. The number of carboxylic acid groups (broad SMARTS) is 1. The second kappa shape index (κ2) is 6.83. The van der Waals surface area contributed by atoms with Crippen LogP contribution in [0.3, 0.4) is 0 Å². The predicted octanol–water partition coefficient (Wildman–Crippen LogP) is -0.431. The highest BCUT2D eigenvalue weighted by Gasteiger charge is 2.09. The lowest BCUT2D eigenvalue weighted by Crippen LogP contribution is -2.31. The van der Waals surface area contributed by atoms with Crippen molar-refractivity contribution >= 4 is 11.9 Å². The van der Waals surface area contributed by atoms with Crippen molar-refractivity contribution in [1.29, 1.82) is 0 Å². The molecule has 0 spiro atoms. The van der Waals surface area contributed by atoms with Gasteiger partial charge in [0.1, 0.15) is 6.04 Å². The van der Waals surface area contributed by atoms with Crippen LogP contribution >= 0.6 is 0 Å². The van der Waals surface area contributed by atoms with E-state index < -0.39 is 12.0 Å². The summed E-state index contributed by atoms with van der Waals surface area (Å²) in [4.78, 5) is 16.0. The Labute approximate surface area is 89.3 Å². The molecule has 86 valence electrons. The van der Waals surface area contributed by atoms with Crippen molar-refractivity contribution in [1.82, 2.24) is 4.90 Å². The Kier molecular flexibility index (Phi) is 6.12.